The largest absolute Gasteiger partial charge is 0.372 e. The van der Waals surface area contributed by atoms with Crippen molar-refractivity contribution < 1.29 is 0 Å². The van der Waals surface area contributed by atoms with Crippen LogP contribution in [0.5, 0.6) is 0 Å². The maximum absolute atomic E-state index is 8.87. The summed E-state index contributed by atoms with van der Waals surface area (Å²) in [6.45, 7) is 0. The third-order valence-electron chi connectivity index (χ3n) is 3.30. The summed E-state index contributed by atoms with van der Waals surface area (Å²) in [6, 6.07) is 13.3. The van der Waals surface area contributed by atoms with Crippen LogP contribution in [0, 0.1) is 17.2 Å². The molecule has 2 heteroatoms. The van der Waals surface area contributed by atoms with Crippen molar-refractivity contribution in [2.45, 2.75) is 25.3 Å². The molecule has 15 heavy (non-hydrogen) atoms. The Hall–Kier alpha value is -1.49. The minimum absolute atomic E-state index is 0.265. The van der Waals surface area contributed by atoms with Crippen LogP contribution in [-0.2, 0) is 0 Å². The number of nitrogens with zero attached hydrogens (tertiary/aromatic N) is 2. The molecule has 0 N–H and O–H groups in total. The molecule has 0 saturated heterocycles. The molecular weight excluding hydrogens is 184 g/mol. The zero-order chi connectivity index (χ0) is 10.7. The van der Waals surface area contributed by atoms with Gasteiger partial charge in [0.2, 0.25) is 0 Å². The third-order valence-corrected chi connectivity index (χ3v) is 3.30. The van der Waals surface area contributed by atoms with Gasteiger partial charge in [-0.3, -0.25) is 0 Å². The lowest BCUT2D eigenvalue weighted by Crippen LogP contribution is -2.29. The Balaban J connectivity index is 2.04. The summed E-state index contributed by atoms with van der Waals surface area (Å²) in [5.74, 6) is 0.265. The normalized spacial score (nSPS) is 24.8. The van der Waals surface area contributed by atoms with Crippen molar-refractivity contribution in [3.63, 3.8) is 0 Å². The van der Waals surface area contributed by atoms with E-state index in [0.717, 1.165) is 19.3 Å². The Morgan fingerprint density at radius 2 is 2.00 bits per heavy atom. The van der Waals surface area contributed by atoms with Crippen molar-refractivity contribution in [1.29, 1.82) is 5.26 Å². The Labute approximate surface area is 91.1 Å². The van der Waals surface area contributed by atoms with Gasteiger partial charge in [0.05, 0.1) is 6.07 Å². The average Bonchev–Trinajstić information content (AvgIpc) is 2.78. The Morgan fingerprint density at radius 3 is 2.60 bits per heavy atom. The van der Waals surface area contributed by atoms with Crippen LogP contribution in [-0.4, -0.2) is 13.1 Å². The van der Waals surface area contributed by atoms with Gasteiger partial charge in [-0.15, -0.1) is 0 Å². The number of benzene rings is 1. The molecular formula is C13H16N2. The molecule has 0 radical (unpaired) electrons. The summed E-state index contributed by atoms with van der Waals surface area (Å²) in [5.41, 5.74) is 1.25. The molecule has 0 aliphatic heterocycles. The number of nitriles is 1. The van der Waals surface area contributed by atoms with Crippen molar-refractivity contribution in [2.75, 3.05) is 11.9 Å². The van der Waals surface area contributed by atoms with E-state index in [1.807, 2.05) is 6.07 Å². The molecule has 0 spiro atoms. The number of para-hydroxylation sites is 1. The number of anilines is 1. The predicted molar refractivity (Wildman–Crippen MR) is 61.6 cm³/mol. The van der Waals surface area contributed by atoms with Gasteiger partial charge in [0.25, 0.3) is 0 Å². The van der Waals surface area contributed by atoms with Crippen molar-refractivity contribution in [3.8, 4) is 6.07 Å². The fourth-order valence-electron chi connectivity index (χ4n) is 2.30. The van der Waals surface area contributed by atoms with E-state index < -0.39 is 0 Å². The topological polar surface area (TPSA) is 27.0 Å². The second kappa shape index (κ2) is 4.35. The summed E-state index contributed by atoms with van der Waals surface area (Å²) in [6.07, 6.45) is 3.21. The van der Waals surface area contributed by atoms with Crippen LogP contribution in [0.3, 0.4) is 0 Å². The van der Waals surface area contributed by atoms with Gasteiger partial charge in [-0.2, -0.15) is 5.26 Å². The van der Waals surface area contributed by atoms with Gasteiger partial charge in [0.15, 0.2) is 0 Å². The summed E-state index contributed by atoms with van der Waals surface area (Å²) in [5, 5.41) is 8.87. The van der Waals surface area contributed by atoms with Gasteiger partial charge in [0, 0.05) is 24.7 Å². The molecule has 1 fully saturated rings. The van der Waals surface area contributed by atoms with Crippen LogP contribution in [0.1, 0.15) is 19.3 Å². The SMILES string of the molecule is CN(c1ccccc1)C1CCC(C#N)C1. The second-order valence-electron chi connectivity index (χ2n) is 4.24. The Kier molecular flexibility index (Phi) is 2.91. The molecule has 0 bridgehead atoms. The van der Waals surface area contributed by atoms with Crippen LogP contribution >= 0.6 is 0 Å². The minimum Gasteiger partial charge on any atom is -0.372 e. The van der Waals surface area contributed by atoms with Crippen LogP contribution in [0.15, 0.2) is 30.3 Å². The zero-order valence-electron chi connectivity index (χ0n) is 9.06. The standard InChI is InChI=1S/C13H16N2/c1-15(12-5-3-2-4-6-12)13-8-7-11(9-13)10-14/h2-6,11,13H,7-9H2,1H3. The maximum Gasteiger partial charge on any atom is 0.0656 e. The van der Waals surface area contributed by atoms with Gasteiger partial charge in [-0.05, 0) is 31.4 Å². The van der Waals surface area contributed by atoms with E-state index in [-0.39, 0.29) is 5.92 Å². The van der Waals surface area contributed by atoms with Crippen molar-refractivity contribution in [2.24, 2.45) is 5.92 Å². The first-order valence-electron chi connectivity index (χ1n) is 5.48. The molecule has 0 amide bonds. The van der Waals surface area contributed by atoms with E-state index in [1.165, 1.54) is 5.69 Å². The van der Waals surface area contributed by atoms with Gasteiger partial charge in [-0.25, -0.2) is 0 Å². The fraction of sp³-hybridized carbons (Fsp3) is 0.462. The summed E-state index contributed by atoms with van der Waals surface area (Å²) >= 11 is 0. The van der Waals surface area contributed by atoms with Gasteiger partial charge in [0.1, 0.15) is 0 Å². The first-order chi connectivity index (χ1) is 7.31. The van der Waals surface area contributed by atoms with Crippen LogP contribution in [0.4, 0.5) is 5.69 Å². The van der Waals surface area contributed by atoms with Crippen LogP contribution in [0.2, 0.25) is 0 Å². The Morgan fingerprint density at radius 1 is 1.27 bits per heavy atom. The number of rotatable bonds is 2. The minimum atomic E-state index is 0.265. The van der Waals surface area contributed by atoms with E-state index in [0.29, 0.717) is 6.04 Å². The summed E-state index contributed by atoms with van der Waals surface area (Å²) < 4.78 is 0. The quantitative estimate of drug-likeness (QED) is 0.734. The van der Waals surface area contributed by atoms with Gasteiger partial charge >= 0.3 is 0 Å². The fourth-order valence-corrected chi connectivity index (χ4v) is 2.30. The first kappa shape index (κ1) is 10.0. The van der Waals surface area contributed by atoms with Crippen LogP contribution < -0.4 is 4.90 Å². The van der Waals surface area contributed by atoms with E-state index in [9.17, 15) is 0 Å². The molecule has 1 aliphatic rings. The van der Waals surface area contributed by atoms with E-state index >= 15 is 0 Å². The lowest BCUT2D eigenvalue weighted by atomic mass is 10.1. The number of hydrogen-bond acceptors (Lipinski definition) is 2. The van der Waals surface area contributed by atoms with E-state index in [1.54, 1.807) is 0 Å². The summed E-state index contributed by atoms with van der Waals surface area (Å²) in [4.78, 5) is 2.30. The lowest BCUT2D eigenvalue weighted by Gasteiger charge is -2.26. The molecule has 2 rings (SSSR count). The molecule has 1 aromatic rings. The van der Waals surface area contributed by atoms with Crippen LogP contribution in [0.25, 0.3) is 0 Å². The highest BCUT2D eigenvalue weighted by atomic mass is 15.1. The molecule has 0 heterocycles. The average molecular weight is 200 g/mol. The lowest BCUT2D eigenvalue weighted by molar-refractivity contribution is 0.629. The highest BCUT2D eigenvalue weighted by molar-refractivity contribution is 5.46. The van der Waals surface area contributed by atoms with Gasteiger partial charge < -0.3 is 4.90 Å². The molecule has 78 valence electrons. The molecule has 2 atom stereocenters. The first-order valence-corrected chi connectivity index (χ1v) is 5.48. The Bertz CT molecular complexity index is 353. The third kappa shape index (κ3) is 2.12. The monoisotopic (exact) mass is 200 g/mol. The highest BCUT2D eigenvalue weighted by Gasteiger charge is 2.27. The smallest absolute Gasteiger partial charge is 0.0656 e. The summed E-state index contributed by atoms with van der Waals surface area (Å²) in [7, 11) is 2.12. The molecule has 1 aromatic carbocycles. The van der Waals surface area contributed by atoms with Gasteiger partial charge in [-0.1, -0.05) is 18.2 Å². The van der Waals surface area contributed by atoms with Crippen molar-refractivity contribution >= 4 is 5.69 Å². The maximum atomic E-state index is 8.87. The molecule has 0 aromatic heterocycles. The van der Waals surface area contributed by atoms with E-state index in [4.69, 9.17) is 5.26 Å². The van der Waals surface area contributed by atoms with Crippen molar-refractivity contribution in [3.05, 3.63) is 30.3 Å². The molecule has 2 unspecified atom stereocenters. The molecule has 1 saturated carbocycles. The predicted octanol–water partition coefficient (Wildman–Crippen LogP) is 2.82. The second-order valence-corrected chi connectivity index (χ2v) is 4.24. The zero-order valence-corrected chi connectivity index (χ0v) is 9.06. The number of hydrogen-bond donors (Lipinski definition) is 0. The molecule has 1 aliphatic carbocycles. The van der Waals surface area contributed by atoms with Crippen molar-refractivity contribution in [1.82, 2.24) is 0 Å². The molecule has 2 nitrogen and oxygen atoms in total. The van der Waals surface area contributed by atoms with E-state index in [2.05, 4.69) is 42.3 Å². The highest BCUT2D eigenvalue weighted by Crippen LogP contribution is 2.30.